The molecule has 0 atom stereocenters. The van der Waals surface area contributed by atoms with Crippen molar-refractivity contribution in [2.75, 3.05) is 13.2 Å². The quantitative estimate of drug-likeness (QED) is 0.440. The molecule has 0 bridgehead atoms. The third kappa shape index (κ3) is 5.18. The number of rotatable bonds is 8. The minimum absolute atomic E-state index is 0.0911. The average molecular weight is 411 g/mol. The molecule has 0 heterocycles. The van der Waals surface area contributed by atoms with E-state index >= 15 is 0 Å². The van der Waals surface area contributed by atoms with E-state index in [4.69, 9.17) is 4.74 Å². The lowest BCUT2D eigenvalue weighted by molar-refractivity contribution is -0.119. The van der Waals surface area contributed by atoms with E-state index in [9.17, 15) is 13.2 Å². The Balaban J connectivity index is 1.68. The molecular formula is C21H21N3O4S. The van der Waals surface area contributed by atoms with Gasteiger partial charge in [-0.05, 0) is 35.9 Å². The lowest BCUT2D eigenvalue weighted by Gasteiger charge is -2.10. The summed E-state index contributed by atoms with van der Waals surface area (Å²) >= 11 is 0. The van der Waals surface area contributed by atoms with E-state index in [1.165, 1.54) is 18.3 Å². The van der Waals surface area contributed by atoms with Crippen LogP contribution in [0.15, 0.2) is 76.7 Å². The summed E-state index contributed by atoms with van der Waals surface area (Å²) in [5.41, 5.74) is 3.07. The topological polar surface area (TPSA) is 96.9 Å². The highest BCUT2D eigenvalue weighted by Crippen LogP contribution is 2.26. The summed E-state index contributed by atoms with van der Waals surface area (Å²) in [5.74, 6) is 0.0629. The summed E-state index contributed by atoms with van der Waals surface area (Å²) in [6.45, 7) is 1.95. The summed E-state index contributed by atoms with van der Waals surface area (Å²) in [4.78, 5) is 12.1. The van der Waals surface area contributed by atoms with Crippen LogP contribution >= 0.6 is 0 Å². The molecule has 3 rings (SSSR count). The van der Waals surface area contributed by atoms with E-state index in [-0.39, 0.29) is 4.90 Å². The van der Waals surface area contributed by atoms with Crippen molar-refractivity contribution in [2.24, 2.45) is 5.10 Å². The summed E-state index contributed by atoms with van der Waals surface area (Å²) in [5, 5.41) is 5.91. The highest BCUT2D eigenvalue weighted by atomic mass is 32.2. The largest absolute Gasteiger partial charge is 0.493 e. The van der Waals surface area contributed by atoms with E-state index in [2.05, 4.69) is 15.2 Å². The third-order valence-corrected chi connectivity index (χ3v) is 5.51. The van der Waals surface area contributed by atoms with Crippen LogP contribution in [0.3, 0.4) is 0 Å². The summed E-state index contributed by atoms with van der Waals surface area (Å²) in [7, 11) is -3.76. The molecule has 0 radical (unpaired) electrons. The van der Waals surface area contributed by atoms with Crippen LogP contribution < -0.4 is 14.9 Å². The number of fused-ring (bicyclic) bond motifs is 1. The van der Waals surface area contributed by atoms with Crippen LogP contribution in [-0.2, 0) is 14.8 Å². The van der Waals surface area contributed by atoms with Gasteiger partial charge in [-0.2, -0.15) is 5.10 Å². The van der Waals surface area contributed by atoms with Crippen LogP contribution in [-0.4, -0.2) is 33.7 Å². The number of sulfonamides is 1. The van der Waals surface area contributed by atoms with E-state index in [0.29, 0.717) is 12.4 Å². The summed E-state index contributed by atoms with van der Waals surface area (Å²) in [6.07, 6.45) is 1.50. The third-order valence-electron chi connectivity index (χ3n) is 4.09. The molecule has 8 heteroatoms. The van der Waals surface area contributed by atoms with Gasteiger partial charge in [0.2, 0.25) is 10.0 Å². The second-order valence-corrected chi connectivity index (χ2v) is 7.83. The molecule has 1 amide bonds. The van der Waals surface area contributed by atoms with Crippen molar-refractivity contribution >= 4 is 32.9 Å². The number of nitrogens with zero attached hydrogens (tertiary/aromatic N) is 1. The first kappa shape index (κ1) is 20.5. The van der Waals surface area contributed by atoms with Gasteiger partial charge in [0.05, 0.1) is 24.3 Å². The molecule has 0 saturated heterocycles. The molecule has 0 saturated carbocycles. The Morgan fingerprint density at radius 2 is 1.76 bits per heavy atom. The SMILES string of the molecule is CCOc1ccc2ccccc2c1/C=N\NC(=O)CNS(=O)(=O)c1ccccc1. The fourth-order valence-electron chi connectivity index (χ4n) is 2.74. The van der Waals surface area contributed by atoms with Crippen molar-refractivity contribution in [3.05, 3.63) is 72.3 Å². The lowest BCUT2D eigenvalue weighted by Crippen LogP contribution is -2.34. The molecule has 150 valence electrons. The minimum Gasteiger partial charge on any atom is -0.493 e. The number of hydrazone groups is 1. The van der Waals surface area contributed by atoms with Gasteiger partial charge in [-0.25, -0.2) is 18.6 Å². The van der Waals surface area contributed by atoms with Gasteiger partial charge in [-0.1, -0.05) is 48.5 Å². The predicted molar refractivity (Wildman–Crippen MR) is 112 cm³/mol. The standard InChI is InChI=1S/C21H21N3O4S/c1-2-28-20-13-12-16-8-6-7-11-18(16)19(20)14-22-24-21(25)15-23-29(26,27)17-9-4-3-5-10-17/h3-14,23H,2,15H2,1H3,(H,24,25)/b22-14-. The Labute approximate surface area is 169 Å². The number of hydrogen-bond donors (Lipinski definition) is 2. The van der Waals surface area contributed by atoms with Crippen molar-refractivity contribution < 1.29 is 17.9 Å². The molecule has 29 heavy (non-hydrogen) atoms. The van der Waals surface area contributed by atoms with Crippen LogP contribution in [0.5, 0.6) is 5.75 Å². The van der Waals surface area contributed by atoms with Crippen LogP contribution in [0, 0.1) is 0 Å². The van der Waals surface area contributed by atoms with Crippen LogP contribution in [0.1, 0.15) is 12.5 Å². The van der Waals surface area contributed by atoms with Crippen molar-refractivity contribution in [3.8, 4) is 5.75 Å². The fraction of sp³-hybridized carbons (Fsp3) is 0.143. The Hall–Kier alpha value is -3.23. The molecule has 3 aromatic carbocycles. The second-order valence-electron chi connectivity index (χ2n) is 6.06. The molecule has 0 aliphatic carbocycles. The maximum Gasteiger partial charge on any atom is 0.255 e. The van der Waals surface area contributed by atoms with Crippen molar-refractivity contribution in [1.29, 1.82) is 0 Å². The second kappa shape index (κ2) is 9.31. The number of ether oxygens (including phenoxy) is 1. The van der Waals surface area contributed by atoms with Crippen molar-refractivity contribution in [1.82, 2.24) is 10.1 Å². The molecule has 0 unspecified atom stereocenters. The predicted octanol–water partition coefficient (Wildman–Crippen LogP) is 2.67. The lowest BCUT2D eigenvalue weighted by atomic mass is 10.0. The number of amides is 1. The average Bonchev–Trinajstić information content (AvgIpc) is 2.74. The number of nitrogens with one attached hydrogen (secondary N) is 2. The van der Waals surface area contributed by atoms with Gasteiger partial charge in [0.1, 0.15) is 5.75 Å². The first-order chi connectivity index (χ1) is 14.0. The van der Waals surface area contributed by atoms with Gasteiger partial charge in [-0.15, -0.1) is 0 Å². The monoisotopic (exact) mass is 411 g/mol. The van der Waals surface area contributed by atoms with E-state index < -0.39 is 22.5 Å². The van der Waals surface area contributed by atoms with Crippen LogP contribution in [0.2, 0.25) is 0 Å². The van der Waals surface area contributed by atoms with Crippen LogP contribution in [0.4, 0.5) is 0 Å². The van der Waals surface area contributed by atoms with Crippen molar-refractivity contribution in [3.63, 3.8) is 0 Å². The summed E-state index contributed by atoms with van der Waals surface area (Å²) in [6, 6.07) is 19.4. The molecule has 7 nitrogen and oxygen atoms in total. The van der Waals surface area contributed by atoms with Crippen molar-refractivity contribution in [2.45, 2.75) is 11.8 Å². The molecule has 2 N–H and O–H groups in total. The smallest absolute Gasteiger partial charge is 0.255 e. The molecule has 3 aromatic rings. The number of carbonyl (C=O) groups is 1. The maximum absolute atomic E-state index is 12.1. The van der Waals surface area contributed by atoms with Gasteiger partial charge < -0.3 is 4.74 Å². The molecule has 0 aliphatic rings. The Morgan fingerprint density at radius 1 is 1.03 bits per heavy atom. The first-order valence-corrected chi connectivity index (χ1v) is 10.5. The van der Waals surface area contributed by atoms with E-state index in [1.54, 1.807) is 18.2 Å². The number of hydrogen-bond acceptors (Lipinski definition) is 5. The zero-order valence-corrected chi connectivity index (χ0v) is 16.6. The molecular weight excluding hydrogens is 390 g/mol. The van der Waals surface area contributed by atoms with Gasteiger partial charge in [0, 0.05) is 5.56 Å². The highest BCUT2D eigenvalue weighted by molar-refractivity contribution is 7.89. The van der Waals surface area contributed by atoms with Gasteiger partial charge in [0.25, 0.3) is 5.91 Å². The van der Waals surface area contributed by atoms with Gasteiger partial charge >= 0.3 is 0 Å². The van der Waals surface area contributed by atoms with E-state index in [0.717, 1.165) is 16.3 Å². The minimum atomic E-state index is -3.76. The molecule has 0 spiro atoms. The zero-order chi connectivity index (χ0) is 20.7. The highest BCUT2D eigenvalue weighted by Gasteiger charge is 2.14. The Kier molecular flexibility index (Phi) is 6.58. The first-order valence-electron chi connectivity index (χ1n) is 9.02. The summed E-state index contributed by atoms with van der Waals surface area (Å²) < 4.78 is 32.2. The Morgan fingerprint density at radius 3 is 2.52 bits per heavy atom. The molecule has 0 aromatic heterocycles. The fourth-order valence-corrected chi connectivity index (χ4v) is 3.75. The van der Waals surface area contributed by atoms with E-state index in [1.807, 2.05) is 43.3 Å². The number of benzene rings is 3. The normalized spacial score (nSPS) is 11.6. The Bertz CT molecular complexity index is 1130. The van der Waals surface area contributed by atoms with Gasteiger partial charge in [0.15, 0.2) is 0 Å². The zero-order valence-electron chi connectivity index (χ0n) is 15.8. The van der Waals surface area contributed by atoms with Crippen LogP contribution in [0.25, 0.3) is 10.8 Å². The van der Waals surface area contributed by atoms with Gasteiger partial charge in [-0.3, -0.25) is 4.79 Å². The molecule has 0 fully saturated rings. The molecule has 0 aliphatic heterocycles. The number of carbonyl (C=O) groups excluding carboxylic acids is 1. The maximum atomic E-state index is 12.1.